The molecule has 0 unspecified atom stereocenters. The second-order valence-corrected chi connectivity index (χ2v) is 5.67. The molecular formula is C19H17N3O4. The number of para-hydroxylation sites is 2. The maximum Gasteiger partial charge on any atom is 0.326 e. The van der Waals surface area contributed by atoms with E-state index in [0.717, 1.165) is 4.57 Å². The zero-order valence-electron chi connectivity index (χ0n) is 14.0. The largest absolute Gasteiger partial charge is 0.494 e. The fraction of sp³-hybridized carbons (Fsp3) is 0.105. The first kappa shape index (κ1) is 17.2. The van der Waals surface area contributed by atoms with Crippen LogP contribution in [0.15, 0.2) is 48.5 Å². The highest BCUT2D eigenvalue weighted by molar-refractivity contribution is 6.20. The van der Waals surface area contributed by atoms with Crippen LogP contribution in [0.4, 0.5) is 10.5 Å². The highest BCUT2D eigenvalue weighted by atomic mass is 16.3. The number of aromatic hydroxyl groups is 1. The third-order valence-corrected chi connectivity index (χ3v) is 4.07. The molecule has 3 rings (SSSR count). The Hall–Kier alpha value is -3.61. The Balaban J connectivity index is 2.23. The van der Waals surface area contributed by atoms with Gasteiger partial charge in [0, 0.05) is 23.1 Å². The normalized spacial score (nSPS) is 10.7. The van der Waals surface area contributed by atoms with Crippen LogP contribution in [0.5, 0.6) is 5.88 Å². The number of fused-ring (bicyclic) bond motifs is 1. The molecule has 7 nitrogen and oxygen atoms in total. The molecule has 1 aromatic heterocycles. The summed E-state index contributed by atoms with van der Waals surface area (Å²) in [6, 6.07) is 12.4. The summed E-state index contributed by atoms with van der Waals surface area (Å²) >= 11 is 0. The number of nitrogens with one attached hydrogen (secondary N) is 1. The molecule has 2 aromatic carbocycles. The van der Waals surface area contributed by atoms with Crippen LogP contribution < -0.4 is 11.1 Å². The molecule has 0 saturated carbocycles. The van der Waals surface area contributed by atoms with Crippen LogP contribution in [0.3, 0.4) is 0 Å². The number of carbonyl (C=O) groups is 3. The summed E-state index contributed by atoms with van der Waals surface area (Å²) in [7, 11) is 0. The lowest BCUT2D eigenvalue weighted by molar-refractivity contribution is 0.0987. The third kappa shape index (κ3) is 2.79. The van der Waals surface area contributed by atoms with Crippen LogP contribution in [0.25, 0.3) is 10.9 Å². The van der Waals surface area contributed by atoms with Crippen LogP contribution in [0, 0.1) is 0 Å². The molecule has 0 aliphatic heterocycles. The van der Waals surface area contributed by atoms with Gasteiger partial charge in [-0.3, -0.25) is 9.59 Å². The standard InChI is InChI=1S/C19H17N3O4/c1-2-14(23)12-9-6-10-13-15(18(25)22(16(12)13)19(20)26)17(24)21-11-7-4-3-5-8-11/h3-10,25H,2H2,1H3,(H2,20,26)(H,21,24). The number of nitrogens with two attached hydrogens (primary N) is 1. The van der Waals surface area contributed by atoms with Crippen molar-refractivity contribution in [2.45, 2.75) is 13.3 Å². The maximum absolute atomic E-state index is 12.7. The number of primary amides is 1. The molecule has 0 saturated heterocycles. The fourth-order valence-electron chi connectivity index (χ4n) is 2.89. The van der Waals surface area contributed by atoms with E-state index in [0.29, 0.717) is 5.69 Å². The lowest BCUT2D eigenvalue weighted by atomic mass is 10.0. The predicted octanol–water partition coefficient (Wildman–Crippen LogP) is 3.12. The van der Waals surface area contributed by atoms with E-state index in [2.05, 4.69) is 5.32 Å². The average molecular weight is 351 g/mol. The second-order valence-electron chi connectivity index (χ2n) is 5.67. The van der Waals surface area contributed by atoms with Gasteiger partial charge >= 0.3 is 6.03 Å². The minimum atomic E-state index is -0.984. The van der Waals surface area contributed by atoms with Gasteiger partial charge in [-0.25, -0.2) is 9.36 Å². The van der Waals surface area contributed by atoms with Crippen LogP contribution in [0.1, 0.15) is 34.1 Å². The number of Topliss-reactive ketones (excluding diaryl/α,β-unsaturated/α-hetero) is 1. The molecule has 0 atom stereocenters. The number of amides is 2. The zero-order valence-corrected chi connectivity index (χ0v) is 14.0. The van der Waals surface area contributed by atoms with Gasteiger partial charge in [0.1, 0.15) is 5.56 Å². The summed E-state index contributed by atoms with van der Waals surface area (Å²) in [6.07, 6.45) is 0.204. The Kier molecular flexibility index (Phi) is 4.45. The minimum Gasteiger partial charge on any atom is -0.494 e. The van der Waals surface area contributed by atoms with Crippen molar-refractivity contribution in [2.24, 2.45) is 5.73 Å². The Morgan fingerprint density at radius 1 is 1.08 bits per heavy atom. The van der Waals surface area contributed by atoms with E-state index in [9.17, 15) is 19.5 Å². The Morgan fingerprint density at radius 3 is 2.38 bits per heavy atom. The molecule has 132 valence electrons. The molecule has 0 radical (unpaired) electrons. The predicted molar refractivity (Wildman–Crippen MR) is 97.6 cm³/mol. The van der Waals surface area contributed by atoms with Crippen molar-refractivity contribution in [1.82, 2.24) is 4.57 Å². The number of aromatic nitrogens is 1. The molecule has 0 aliphatic rings. The zero-order chi connectivity index (χ0) is 18.8. The van der Waals surface area contributed by atoms with Crippen LogP contribution >= 0.6 is 0 Å². The van der Waals surface area contributed by atoms with E-state index in [4.69, 9.17) is 5.73 Å². The topological polar surface area (TPSA) is 114 Å². The van der Waals surface area contributed by atoms with Crippen LogP contribution in [-0.2, 0) is 0 Å². The molecule has 0 spiro atoms. The molecule has 0 bridgehead atoms. The van der Waals surface area contributed by atoms with Crippen molar-refractivity contribution in [3.05, 3.63) is 59.7 Å². The monoisotopic (exact) mass is 351 g/mol. The molecule has 26 heavy (non-hydrogen) atoms. The number of hydrogen-bond donors (Lipinski definition) is 3. The van der Waals surface area contributed by atoms with Crippen molar-refractivity contribution >= 4 is 34.3 Å². The molecule has 1 heterocycles. The molecule has 0 fully saturated rings. The first-order valence-electron chi connectivity index (χ1n) is 8.01. The molecule has 2 amide bonds. The van der Waals surface area contributed by atoms with Crippen LogP contribution in [-0.4, -0.2) is 27.4 Å². The van der Waals surface area contributed by atoms with Gasteiger partial charge in [-0.15, -0.1) is 0 Å². The van der Waals surface area contributed by atoms with Crippen molar-refractivity contribution in [3.8, 4) is 5.88 Å². The van der Waals surface area contributed by atoms with Gasteiger partial charge in [-0.2, -0.15) is 0 Å². The van der Waals surface area contributed by atoms with E-state index in [1.807, 2.05) is 0 Å². The van der Waals surface area contributed by atoms with Crippen molar-refractivity contribution < 1.29 is 19.5 Å². The first-order valence-corrected chi connectivity index (χ1v) is 8.01. The fourth-order valence-corrected chi connectivity index (χ4v) is 2.89. The number of hydrogen-bond acceptors (Lipinski definition) is 4. The third-order valence-electron chi connectivity index (χ3n) is 4.07. The molecule has 3 aromatic rings. The average Bonchev–Trinajstić information content (AvgIpc) is 2.93. The van der Waals surface area contributed by atoms with Gasteiger partial charge < -0.3 is 16.2 Å². The van der Waals surface area contributed by atoms with E-state index in [-0.39, 0.29) is 34.2 Å². The molecular weight excluding hydrogens is 334 g/mol. The number of nitrogens with zero attached hydrogens (tertiary/aromatic N) is 1. The van der Waals surface area contributed by atoms with Gasteiger partial charge in [0.05, 0.1) is 5.52 Å². The number of benzene rings is 2. The number of anilines is 1. The number of rotatable bonds is 4. The molecule has 7 heteroatoms. The Labute approximate surface area is 149 Å². The second kappa shape index (κ2) is 6.72. The van der Waals surface area contributed by atoms with Gasteiger partial charge in [-0.05, 0) is 18.2 Å². The van der Waals surface area contributed by atoms with Crippen molar-refractivity contribution in [1.29, 1.82) is 0 Å². The minimum absolute atomic E-state index is 0.117. The lowest BCUT2D eigenvalue weighted by Gasteiger charge is -2.05. The Morgan fingerprint density at radius 2 is 1.77 bits per heavy atom. The molecule has 4 N–H and O–H groups in total. The summed E-state index contributed by atoms with van der Waals surface area (Å²) in [4.78, 5) is 36.8. The van der Waals surface area contributed by atoms with E-state index in [1.165, 1.54) is 6.07 Å². The van der Waals surface area contributed by atoms with Gasteiger partial charge in [-0.1, -0.05) is 37.3 Å². The summed E-state index contributed by atoms with van der Waals surface area (Å²) in [6.45, 7) is 1.68. The lowest BCUT2D eigenvalue weighted by Crippen LogP contribution is -2.20. The first-order chi connectivity index (χ1) is 12.5. The molecule has 0 aliphatic carbocycles. The smallest absolute Gasteiger partial charge is 0.326 e. The SMILES string of the molecule is CCC(=O)c1cccc2c(C(=O)Nc3ccccc3)c(O)n(C(N)=O)c12. The summed E-state index contributed by atoms with van der Waals surface area (Å²) in [5, 5.41) is 13.4. The highest BCUT2D eigenvalue weighted by Crippen LogP contribution is 2.34. The van der Waals surface area contributed by atoms with Crippen molar-refractivity contribution in [2.75, 3.05) is 5.32 Å². The van der Waals surface area contributed by atoms with E-state index >= 15 is 0 Å². The summed E-state index contributed by atoms with van der Waals surface area (Å²) < 4.78 is 0.790. The van der Waals surface area contributed by atoms with E-state index in [1.54, 1.807) is 49.4 Å². The maximum atomic E-state index is 12.7. The highest BCUT2D eigenvalue weighted by Gasteiger charge is 2.27. The number of ketones is 1. The van der Waals surface area contributed by atoms with E-state index < -0.39 is 17.8 Å². The van der Waals surface area contributed by atoms with Crippen molar-refractivity contribution in [3.63, 3.8) is 0 Å². The van der Waals surface area contributed by atoms with Gasteiger partial charge in [0.2, 0.25) is 5.88 Å². The summed E-state index contributed by atoms with van der Waals surface area (Å²) in [5.74, 6) is -1.44. The Bertz CT molecular complexity index is 1020. The summed E-state index contributed by atoms with van der Waals surface area (Å²) in [5.41, 5.74) is 6.13. The van der Waals surface area contributed by atoms with Gasteiger partial charge in [0.25, 0.3) is 5.91 Å². The van der Waals surface area contributed by atoms with Crippen LogP contribution in [0.2, 0.25) is 0 Å². The van der Waals surface area contributed by atoms with Gasteiger partial charge in [0.15, 0.2) is 5.78 Å². The quantitative estimate of drug-likeness (QED) is 0.626. The number of carbonyl (C=O) groups excluding carboxylic acids is 3.